The van der Waals surface area contributed by atoms with E-state index in [9.17, 15) is 24.3 Å². The van der Waals surface area contributed by atoms with Gasteiger partial charge in [0.25, 0.3) is 0 Å². The lowest BCUT2D eigenvalue weighted by Gasteiger charge is -2.46. The lowest BCUT2D eigenvalue weighted by Crippen LogP contribution is -2.56. The Balaban J connectivity index is 1.55. The van der Waals surface area contributed by atoms with Gasteiger partial charge in [-0.15, -0.1) is 0 Å². The molecule has 14 heteroatoms. The minimum Gasteiger partial charge on any atom is -0.491 e. The first-order valence-electron chi connectivity index (χ1n) is 19.2. The molecule has 59 heavy (non-hydrogen) atoms. The van der Waals surface area contributed by atoms with Gasteiger partial charge in [-0.2, -0.15) is 0 Å². The number of carbonyl (C=O) groups is 5. The van der Waals surface area contributed by atoms with Crippen molar-refractivity contribution < 1.29 is 48.0 Å². The Morgan fingerprint density at radius 2 is 1.59 bits per heavy atom. The van der Waals surface area contributed by atoms with E-state index >= 15 is 4.79 Å². The first-order chi connectivity index (χ1) is 28.5. The maximum absolute atomic E-state index is 16.0. The number of nitrogens with zero attached hydrogens (tertiary/aromatic N) is 2. The van der Waals surface area contributed by atoms with E-state index in [2.05, 4.69) is 34.5 Å². The highest BCUT2D eigenvalue weighted by atomic mass is 127. The van der Waals surface area contributed by atoms with E-state index in [4.69, 9.17) is 18.9 Å². The number of esters is 3. The Morgan fingerprint density at radius 1 is 0.932 bits per heavy atom. The third-order valence-electron chi connectivity index (χ3n) is 11.2. The van der Waals surface area contributed by atoms with Gasteiger partial charge in [0.1, 0.15) is 48.5 Å². The minimum absolute atomic E-state index is 0.0378. The molecule has 3 heterocycles. The molecule has 3 aliphatic rings. The zero-order valence-corrected chi connectivity index (χ0v) is 34.8. The molecule has 3 aliphatic heterocycles. The van der Waals surface area contributed by atoms with Crippen molar-refractivity contribution in [1.29, 1.82) is 0 Å². The quantitative estimate of drug-likeness (QED) is 0.0747. The fourth-order valence-electron chi connectivity index (χ4n) is 8.81. The van der Waals surface area contributed by atoms with Gasteiger partial charge in [-0.05, 0) is 81.1 Å². The van der Waals surface area contributed by atoms with Gasteiger partial charge in [0.15, 0.2) is 0 Å². The van der Waals surface area contributed by atoms with Crippen LogP contribution in [0.5, 0.6) is 5.75 Å². The van der Waals surface area contributed by atoms with Crippen LogP contribution in [-0.2, 0) is 38.8 Å². The summed E-state index contributed by atoms with van der Waals surface area (Å²) in [4.78, 5) is 76.3. The predicted molar refractivity (Wildman–Crippen MR) is 224 cm³/mol. The van der Waals surface area contributed by atoms with Crippen LogP contribution in [0.4, 0.5) is 10.5 Å². The van der Waals surface area contributed by atoms with Crippen molar-refractivity contribution in [2.45, 2.75) is 49.5 Å². The molecule has 0 bridgehead atoms. The summed E-state index contributed by atoms with van der Waals surface area (Å²) in [6.07, 6.45) is 0.485. The average Bonchev–Trinajstić information content (AvgIpc) is 3.70. The molecule has 0 aliphatic carbocycles. The number of cyclic esters (lactones) is 1. The van der Waals surface area contributed by atoms with Crippen molar-refractivity contribution in [2.24, 2.45) is 11.8 Å². The molecule has 2 N–H and O–H groups in total. The SMILES string of the molecule is C=CCOC(=O)[C@@H]1[C@H]2C(=O)O[C@H](c3ccccc3)[C@H](c3ccccc3)N2[C@H](c2ccc(OCCO)cc2)[C@@]12C(=O)N(C(=O)N[C@H](C(=O)OC)C(C)C)c1ccc(I)cc12. The summed E-state index contributed by atoms with van der Waals surface area (Å²) in [5.74, 6) is -4.71. The zero-order chi connectivity index (χ0) is 42.0. The van der Waals surface area contributed by atoms with Crippen LogP contribution in [0.15, 0.2) is 116 Å². The number of hydrogen-bond acceptors (Lipinski definition) is 11. The molecular formula is C45H44IN3O10. The number of fused-ring (bicyclic) bond motifs is 3. The van der Waals surface area contributed by atoms with Crippen LogP contribution in [0.2, 0.25) is 0 Å². The van der Waals surface area contributed by atoms with Crippen LogP contribution >= 0.6 is 22.6 Å². The van der Waals surface area contributed by atoms with Crippen molar-refractivity contribution in [3.05, 3.63) is 142 Å². The topological polar surface area (TPSA) is 161 Å². The van der Waals surface area contributed by atoms with Gasteiger partial charge in [-0.3, -0.25) is 19.3 Å². The zero-order valence-electron chi connectivity index (χ0n) is 32.7. The summed E-state index contributed by atoms with van der Waals surface area (Å²) in [7, 11) is 1.21. The number of ether oxygens (including phenoxy) is 4. The Morgan fingerprint density at radius 3 is 2.20 bits per heavy atom. The lowest BCUT2D eigenvalue weighted by atomic mass is 9.65. The maximum Gasteiger partial charge on any atom is 0.329 e. The molecule has 3 amide bonds. The minimum atomic E-state index is -2.01. The van der Waals surface area contributed by atoms with E-state index in [0.29, 0.717) is 26.0 Å². The molecule has 0 radical (unpaired) electrons. The summed E-state index contributed by atoms with van der Waals surface area (Å²) >= 11 is 2.11. The highest BCUT2D eigenvalue weighted by Crippen LogP contribution is 2.66. The number of amides is 3. The summed E-state index contributed by atoms with van der Waals surface area (Å²) in [5.41, 5.74) is 0.396. The van der Waals surface area contributed by atoms with Gasteiger partial charge in [0, 0.05) is 3.57 Å². The van der Waals surface area contributed by atoms with E-state index < -0.39 is 77.4 Å². The number of imide groups is 1. The third-order valence-corrected chi connectivity index (χ3v) is 11.8. The number of halogens is 1. The number of carbonyl (C=O) groups excluding carboxylic acids is 5. The van der Waals surface area contributed by atoms with E-state index in [1.165, 1.54) is 13.2 Å². The second-order valence-electron chi connectivity index (χ2n) is 14.8. The summed E-state index contributed by atoms with van der Waals surface area (Å²) < 4.78 is 23.6. The first-order valence-corrected chi connectivity index (χ1v) is 20.3. The Hall–Kier alpha value is -5.58. The van der Waals surface area contributed by atoms with Crippen LogP contribution in [-0.4, -0.2) is 78.9 Å². The van der Waals surface area contributed by atoms with Crippen molar-refractivity contribution in [3.8, 4) is 5.75 Å². The normalized spacial score (nSPS) is 23.9. The van der Waals surface area contributed by atoms with Crippen LogP contribution in [0.25, 0.3) is 0 Å². The fraction of sp³-hybridized carbons (Fsp3) is 0.311. The first kappa shape index (κ1) is 41.6. The van der Waals surface area contributed by atoms with Crippen molar-refractivity contribution in [1.82, 2.24) is 10.2 Å². The largest absolute Gasteiger partial charge is 0.491 e. The van der Waals surface area contributed by atoms with Gasteiger partial charge < -0.3 is 29.4 Å². The van der Waals surface area contributed by atoms with E-state index in [1.54, 1.807) is 56.3 Å². The number of urea groups is 1. The Labute approximate surface area is 355 Å². The monoisotopic (exact) mass is 913 g/mol. The fourth-order valence-corrected chi connectivity index (χ4v) is 9.30. The molecule has 13 nitrogen and oxygen atoms in total. The Kier molecular flexibility index (Phi) is 12.2. The number of benzene rings is 4. The van der Waals surface area contributed by atoms with Crippen molar-refractivity contribution >= 4 is 58.1 Å². The van der Waals surface area contributed by atoms with Gasteiger partial charge in [0.2, 0.25) is 5.91 Å². The number of rotatable bonds is 12. The number of anilines is 1. The molecule has 0 aromatic heterocycles. The summed E-state index contributed by atoms with van der Waals surface area (Å²) in [6, 6.07) is 25.3. The molecule has 1 spiro atoms. The predicted octanol–water partition coefficient (Wildman–Crippen LogP) is 5.96. The third kappa shape index (κ3) is 7.27. The average molecular weight is 914 g/mol. The number of nitrogens with one attached hydrogen (secondary N) is 1. The Bertz CT molecular complexity index is 2240. The molecule has 7 atom stereocenters. The summed E-state index contributed by atoms with van der Waals surface area (Å²) in [6.45, 7) is 6.78. The van der Waals surface area contributed by atoms with E-state index in [1.807, 2.05) is 65.6 Å². The molecule has 2 fully saturated rings. The molecule has 7 rings (SSSR count). The standard InChI is InChI=1S/C45H44IN3O10/c1-5-23-58-40(51)34-37-42(53)59-38(28-14-10-7-11-15-28)36(27-12-8-6-9-13-27)49(37)39(29-16-19-31(20-17-29)57-24-22-50)45(34)32-25-30(46)18-21-33(32)48(43(45)54)44(55)47-35(26(2)3)41(52)56-4/h5-21,25-26,34-39,50H,1,22-24H2,2-4H3,(H,47,55)/t34-,35-,36-,37-,38+,39+,45-/m0/s1. The maximum atomic E-state index is 16.0. The molecule has 4 aromatic rings. The van der Waals surface area contributed by atoms with E-state index in [0.717, 1.165) is 10.5 Å². The van der Waals surface area contributed by atoms with Crippen molar-refractivity contribution in [2.75, 3.05) is 31.8 Å². The van der Waals surface area contributed by atoms with Gasteiger partial charge in [-0.25, -0.2) is 14.5 Å². The highest BCUT2D eigenvalue weighted by molar-refractivity contribution is 14.1. The van der Waals surface area contributed by atoms with Crippen LogP contribution in [0.1, 0.15) is 54.3 Å². The molecule has 0 saturated carbocycles. The molecule has 4 aromatic carbocycles. The smallest absolute Gasteiger partial charge is 0.329 e. The highest BCUT2D eigenvalue weighted by Gasteiger charge is 2.76. The van der Waals surface area contributed by atoms with Crippen LogP contribution in [0, 0.1) is 15.4 Å². The number of methoxy groups -OCH3 is 1. The van der Waals surface area contributed by atoms with Crippen LogP contribution < -0.4 is 15.0 Å². The number of morpholine rings is 1. The second kappa shape index (κ2) is 17.3. The van der Waals surface area contributed by atoms with Gasteiger partial charge >= 0.3 is 23.9 Å². The van der Waals surface area contributed by atoms with Gasteiger partial charge in [0.05, 0.1) is 31.5 Å². The lowest BCUT2D eigenvalue weighted by molar-refractivity contribution is -0.180. The molecule has 0 unspecified atom stereocenters. The summed E-state index contributed by atoms with van der Waals surface area (Å²) in [5, 5.41) is 12.2. The molecule has 2 saturated heterocycles. The molecule has 306 valence electrons. The second-order valence-corrected chi connectivity index (χ2v) is 16.1. The van der Waals surface area contributed by atoms with E-state index in [-0.39, 0.29) is 25.5 Å². The van der Waals surface area contributed by atoms with Gasteiger partial charge in [-0.1, -0.05) is 99.3 Å². The number of hydrogen-bond donors (Lipinski definition) is 2. The number of aliphatic hydroxyl groups excluding tert-OH is 1. The van der Waals surface area contributed by atoms with Crippen molar-refractivity contribution in [3.63, 3.8) is 0 Å². The number of aliphatic hydroxyl groups is 1. The molecular weight excluding hydrogens is 869 g/mol. The van der Waals surface area contributed by atoms with Crippen LogP contribution in [0.3, 0.4) is 0 Å².